The summed E-state index contributed by atoms with van der Waals surface area (Å²) in [6, 6.07) is 10.2. The largest absolute Gasteiger partial charge is 0.496 e. The number of carbonyl (C=O) groups excluding carboxylic acids is 1. The molecule has 0 saturated heterocycles. The normalized spacial score (nSPS) is 12.0. The maximum absolute atomic E-state index is 12.9. The van der Waals surface area contributed by atoms with Crippen molar-refractivity contribution >= 4 is 29.0 Å². The van der Waals surface area contributed by atoms with Crippen molar-refractivity contribution in [1.82, 2.24) is 0 Å². The highest BCUT2D eigenvalue weighted by atomic mass is 35.5. The first-order valence-electron chi connectivity index (χ1n) is 5.80. The summed E-state index contributed by atoms with van der Waals surface area (Å²) < 4.78 is 18.0. The Morgan fingerprint density at radius 3 is 2.45 bits per heavy atom. The third-order valence-electron chi connectivity index (χ3n) is 2.82. The van der Waals surface area contributed by atoms with Crippen LogP contribution < -0.4 is 4.74 Å². The number of Topliss-reactive ketones (excluding diaryl/α,β-unsaturated/α-hetero) is 1. The van der Waals surface area contributed by atoms with Crippen molar-refractivity contribution in [2.24, 2.45) is 0 Å². The van der Waals surface area contributed by atoms with Gasteiger partial charge in [0.25, 0.3) is 0 Å². The summed E-state index contributed by atoms with van der Waals surface area (Å²) in [5.41, 5.74) is 0.810. The van der Waals surface area contributed by atoms with Gasteiger partial charge < -0.3 is 4.74 Å². The summed E-state index contributed by atoms with van der Waals surface area (Å²) in [6.45, 7) is 0. The molecule has 0 saturated carbocycles. The molecule has 0 spiro atoms. The second kappa shape index (κ2) is 6.25. The molecule has 20 heavy (non-hydrogen) atoms. The number of rotatable bonds is 4. The van der Waals surface area contributed by atoms with Crippen LogP contribution in [0.3, 0.4) is 0 Å². The molecule has 1 unspecified atom stereocenters. The lowest BCUT2D eigenvalue weighted by atomic mass is 10.0. The lowest BCUT2D eigenvalue weighted by Crippen LogP contribution is -2.09. The minimum Gasteiger partial charge on any atom is -0.496 e. The Hall–Kier alpha value is -1.58. The molecule has 0 aromatic heterocycles. The SMILES string of the molecule is COc1ccc(Cl)cc1C(=O)C(Cl)c1ccc(F)cc1. The van der Waals surface area contributed by atoms with E-state index in [-0.39, 0.29) is 11.6 Å². The van der Waals surface area contributed by atoms with Crippen LogP contribution >= 0.6 is 23.2 Å². The first-order valence-corrected chi connectivity index (χ1v) is 6.61. The van der Waals surface area contributed by atoms with E-state index in [2.05, 4.69) is 0 Å². The number of hydrogen-bond acceptors (Lipinski definition) is 2. The molecule has 0 heterocycles. The van der Waals surface area contributed by atoms with Gasteiger partial charge in [-0.25, -0.2) is 4.39 Å². The second-order valence-corrected chi connectivity index (χ2v) is 5.00. The number of methoxy groups -OCH3 is 1. The Balaban J connectivity index is 2.35. The Morgan fingerprint density at radius 2 is 1.85 bits per heavy atom. The highest BCUT2D eigenvalue weighted by Crippen LogP contribution is 2.31. The van der Waals surface area contributed by atoms with Crippen LogP contribution in [0.5, 0.6) is 5.75 Å². The molecule has 0 N–H and O–H groups in total. The highest BCUT2D eigenvalue weighted by molar-refractivity contribution is 6.35. The highest BCUT2D eigenvalue weighted by Gasteiger charge is 2.23. The van der Waals surface area contributed by atoms with E-state index in [0.717, 1.165) is 0 Å². The van der Waals surface area contributed by atoms with E-state index in [1.54, 1.807) is 12.1 Å². The van der Waals surface area contributed by atoms with Crippen molar-refractivity contribution in [2.45, 2.75) is 5.38 Å². The van der Waals surface area contributed by atoms with Gasteiger partial charge in [-0.05, 0) is 35.9 Å². The van der Waals surface area contributed by atoms with Gasteiger partial charge in [0.1, 0.15) is 16.9 Å². The van der Waals surface area contributed by atoms with Crippen molar-refractivity contribution in [3.05, 3.63) is 64.4 Å². The zero-order chi connectivity index (χ0) is 14.7. The monoisotopic (exact) mass is 312 g/mol. The van der Waals surface area contributed by atoms with Crippen LogP contribution in [-0.4, -0.2) is 12.9 Å². The fourth-order valence-corrected chi connectivity index (χ4v) is 2.23. The van der Waals surface area contributed by atoms with Crippen molar-refractivity contribution < 1.29 is 13.9 Å². The second-order valence-electron chi connectivity index (χ2n) is 4.12. The molecule has 5 heteroatoms. The van der Waals surface area contributed by atoms with Gasteiger partial charge >= 0.3 is 0 Å². The molecule has 0 radical (unpaired) electrons. The van der Waals surface area contributed by atoms with Gasteiger partial charge in [0.2, 0.25) is 0 Å². The van der Waals surface area contributed by atoms with Gasteiger partial charge in [-0.2, -0.15) is 0 Å². The first-order chi connectivity index (χ1) is 9.52. The summed E-state index contributed by atoms with van der Waals surface area (Å²) in [4.78, 5) is 12.4. The number of benzene rings is 2. The molecule has 0 aliphatic heterocycles. The zero-order valence-corrected chi connectivity index (χ0v) is 12.1. The fourth-order valence-electron chi connectivity index (χ4n) is 1.79. The van der Waals surface area contributed by atoms with Crippen molar-refractivity contribution in [3.8, 4) is 5.75 Å². The van der Waals surface area contributed by atoms with Crippen molar-refractivity contribution in [2.75, 3.05) is 7.11 Å². The first kappa shape index (κ1) is 14.8. The molecule has 0 aliphatic carbocycles. The number of halogens is 3. The zero-order valence-electron chi connectivity index (χ0n) is 10.6. The van der Waals surface area contributed by atoms with Gasteiger partial charge in [-0.3, -0.25) is 4.79 Å². The standard InChI is InChI=1S/C15H11Cl2FO2/c1-20-13-7-4-10(16)8-12(13)15(19)14(17)9-2-5-11(18)6-3-9/h2-8,14H,1H3. The topological polar surface area (TPSA) is 26.3 Å². The van der Waals surface area contributed by atoms with Crippen LogP contribution in [0, 0.1) is 5.82 Å². The molecule has 2 aromatic carbocycles. The smallest absolute Gasteiger partial charge is 0.188 e. The average Bonchev–Trinajstić information content (AvgIpc) is 2.46. The molecule has 2 nitrogen and oxygen atoms in total. The van der Waals surface area contributed by atoms with Crippen LogP contribution in [0.25, 0.3) is 0 Å². The summed E-state index contributed by atoms with van der Waals surface area (Å²) >= 11 is 12.0. The van der Waals surface area contributed by atoms with Crippen LogP contribution in [0.1, 0.15) is 21.3 Å². The molecular formula is C15H11Cl2FO2. The Kier molecular flexibility index (Phi) is 4.63. The fraction of sp³-hybridized carbons (Fsp3) is 0.133. The van der Waals surface area contributed by atoms with Gasteiger partial charge in [-0.15, -0.1) is 11.6 Å². The van der Waals surface area contributed by atoms with Gasteiger partial charge in [0, 0.05) is 5.02 Å². The number of carbonyl (C=O) groups is 1. The average molecular weight is 313 g/mol. The molecule has 0 fully saturated rings. The summed E-state index contributed by atoms with van der Waals surface area (Å²) in [6.07, 6.45) is 0. The maximum Gasteiger partial charge on any atom is 0.188 e. The van der Waals surface area contributed by atoms with Gasteiger partial charge in [-0.1, -0.05) is 23.7 Å². The van der Waals surface area contributed by atoms with Crippen LogP contribution in [-0.2, 0) is 0 Å². The minimum absolute atomic E-state index is 0.296. The number of hydrogen-bond donors (Lipinski definition) is 0. The maximum atomic E-state index is 12.9. The van der Waals surface area contributed by atoms with E-state index in [4.69, 9.17) is 27.9 Å². The van der Waals surface area contributed by atoms with E-state index >= 15 is 0 Å². The molecule has 0 bridgehead atoms. The minimum atomic E-state index is -0.928. The Bertz CT molecular complexity index is 626. The number of alkyl halides is 1. The van der Waals surface area contributed by atoms with Crippen molar-refractivity contribution in [3.63, 3.8) is 0 Å². The quantitative estimate of drug-likeness (QED) is 0.606. The Morgan fingerprint density at radius 1 is 1.20 bits per heavy atom. The molecule has 2 aromatic rings. The third-order valence-corrected chi connectivity index (χ3v) is 3.51. The summed E-state index contributed by atoms with van der Waals surface area (Å²) in [7, 11) is 1.46. The van der Waals surface area contributed by atoms with Gasteiger partial charge in [0.05, 0.1) is 12.7 Å². The molecule has 0 aliphatic rings. The van der Waals surface area contributed by atoms with E-state index < -0.39 is 5.38 Å². The number of ketones is 1. The molecule has 2 rings (SSSR count). The summed E-state index contributed by atoms with van der Waals surface area (Å²) in [5, 5.41) is -0.514. The lowest BCUT2D eigenvalue weighted by molar-refractivity contribution is 0.0984. The number of ether oxygens (including phenoxy) is 1. The predicted molar refractivity (Wildman–Crippen MR) is 77.3 cm³/mol. The predicted octanol–water partition coefficient (Wildman–Crippen LogP) is 4.65. The molecule has 1 atom stereocenters. The van der Waals surface area contributed by atoms with E-state index in [9.17, 15) is 9.18 Å². The Labute approximate surface area is 126 Å². The van der Waals surface area contributed by atoms with E-state index in [0.29, 0.717) is 21.9 Å². The molecule has 104 valence electrons. The van der Waals surface area contributed by atoms with Crippen molar-refractivity contribution in [1.29, 1.82) is 0 Å². The lowest BCUT2D eigenvalue weighted by Gasteiger charge is -2.12. The van der Waals surface area contributed by atoms with Gasteiger partial charge in [0.15, 0.2) is 5.78 Å². The van der Waals surface area contributed by atoms with Crippen LogP contribution in [0.4, 0.5) is 4.39 Å². The third kappa shape index (κ3) is 3.11. The van der Waals surface area contributed by atoms with E-state index in [1.165, 1.54) is 37.4 Å². The summed E-state index contributed by atoms with van der Waals surface area (Å²) in [5.74, 6) is -0.338. The van der Waals surface area contributed by atoms with Crippen LogP contribution in [0.15, 0.2) is 42.5 Å². The molecule has 0 amide bonds. The van der Waals surface area contributed by atoms with E-state index in [1.807, 2.05) is 0 Å². The van der Waals surface area contributed by atoms with Crippen LogP contribution in [0.2, 0.25) is 5.02 Å². The molecular weight excluding hydrogens is 302 g/mol.